The zero-order chi connectivity index (χ0) is 15.2. The van der Waals surface area contributed by atoms with Crippen molar-refractivity contribution in [2.24, 2.45) is 0 Å². The molecule has 1 atom stereocenters. The number of rotatable bonds is 7. The van der Waals surface area contributed by atoms with Gasteiger partial charge in [-0.1, -0.05) is 44.0 Å². The highest BCUT2D eigenvalue weighted by Gasteiger charge is 2.12. The summed E-state index contributed by atoms with van der Waals surface area (Å²) in [5.41, 5.74) is 3.81. The standard InChI is InChI=1S/C18H26N2S/c1-5-8-16-17(12-19-14(4)6-2)21-18(20-16)15-10-7-9-13(3)11-15/h7,9-11,14,19H,5-6,8,12H2,1-4H3. The van der Waals surface area contributed by atoms with Gasteiger partial charge < -0.3 is 5.32 Å². The number of nitrogens with zero attached hydrogens (tertiary/aromatic N) is 1. The van der Waals surface area contributed by atoms with Gasteiger partial charge in [0.05, 0.1) is 5.69 Å². The smallest absolute Gasteiger partial charge is 0.123 e. The molecule has 0 saturated carbocycles. The van der Waals surface area contributed by atoms with E-state index in [1.165, 1.54) is 21.7 Å². The van der Waals surface area contributed by atoms with Crippen LogP contribution >= 0.6 is 11.3 Å². The Morgan fingerprint density at radius 1 is 1.29 bits per heavy atom. The average Bonchev–Trinajstić information content (AvgIpc) is 2.88. The molecule has 0 aliphatic rings. The Balaban J connectivity index is 2.23. The fourth-order valence-electron chi connectivity index (χ4n) is 2.27. The molecule has 1 aromatic heterocycles. The minimum atomic E-state index is 0.559. The van der Waals surface area contributed by atoms with Crippen LogP contribution in [0.15, 0.2) is 24.3 Å². The second-order valence-electron chi connectivity index (χ2n) is 5.70. The van der Waals surface area contributed by atoms with Crippen molar-refractivity contribution in [1.82, 2.24) is 10.3 Å². The lowest BCUT2D eigenvalue weighted by molar-refractivity contribution is 0.535. The van der Waals surface area contributed by atoms with E-state index < -0.39 is 0 Å². The minimum absolute atomic E-state index is 0.559. The van der Waals surface area contributed by atoms with Crippen LogP contribution in [-0.4, -0.2) is 11.0 Å². The van der Waals surface area contributed by atoms with Gasteiger partial charge in [-0.05, 0) is 32.8 Å². The number of hydrogen-bond acceptors (Lipinski definition) is 3. The van der Waals surface area contributed by atoms with E-state index in [0.29, 0.717) is 6.04 Å². The van der Waals surface area contributed by atoms with Gasteiger partial charge in [-0.3, -0.25) is 0 Å². The molecule has 2 nitrogen and oxygen atoms in total. The van der Waals surface area contributed by atoms with Crippen molar-refractivity contribution in [2.75, 3.05) is 0 Å². The van der Waals surface area contributed by atoms with E-state index in [1.54, 1.807) is 0 Å². The van der Waals surface area contributed by atoms with E-state index in [2.05, 4.69) is 57.3 Å². The summed E-state index contributed by atoms with van der Waals surface area (Å²) >= 11 is 1.84. The van der Waals surface area contributed by atoms with Crippen molar-refractivity contribution < 1.29 is 0 Å². The van der Waals surface area contributed by atoms with Gasteiger partial charge in [0.1, 0.15) is 5.01 Å². The fraction of sp³-hybridized carbons (Fsp3) is 0.500. The van der Waals surface area contributed by atoms with Gasteiger partial charge in [0.25, 0.3) is 0 Å². The number of nitrogens with one attached hydrogen (secondary N) is 1. The maximum Gasteiger partial charge on any atom is 0.123 e. The van der Waals surface area contributed by atoms with Crippen molar-refractivity contribution in [1.29, 1.82) is 0 Å². The molecular formula is C18H26N2S. The molecule has 2 rings (SSSR count). The van der Waals surface area contributed by atoms with Crippen LogP contribution in [0.4, 0.5) is 0 Å². The summed E-state index contributed by atoms with van der Waals surface area (Å²) in [5.74, 6) is 0. The van der Waals surface area contributed by atoms with E-state index >= 15 is 0 Å². The van der Waals surface area contributed by atoms with Crippen LogP contribution in [0.3, 0.4) is 0 Å². The Morgan fingerprint density at radius 2 is 2.10 bits per heavy atom. The predicted octanol–water partition coefficient (Wildman–Crippen LogP) is 4.96. The van der Waals surface area contributed by atoms with Crippen LogP contribution < -0.4 is 5.32 Å². The Labute approximate surface area is 132 Å². The SMILES string of the molecule is CCCc1nc(-c2cccc(C)c2)sc1CNC(C)CC. The number of hydrogen-bond donors (Lipinski definition) is 1. The van der Waals surface area contributed by atoms with Gasteiger partial charge in [0.15, 0.2) is 0 Å². The van der Waals surface area contributed by atoms with Crippen molar-refractivity contribution in [3.63, 3.8) is 0 Å². The lowest BCUT2D eigenvalue weighted by Gasteiger charge is -2.10. The van der Waals surface area contributed by atoms with Gasteiger partial charge in [0, 0.05) is 23.0 Å². The van der Waals surface area contributed by atoms with Crippen LogP contribution in [-0.2, 0) is 13.0 Å². The monoisotopic (exact) mass is 302 g/mol. The van der Waals surface area contributed by atoms with Crippen LogP contribution in [0.1, 0.15) is 49.7 Å². The van der Waals surface area contributed by atoms with Crippen molar-refractivity contribution in [3.05, 3.63) is 40.4 Å². The highest BCUT2D eigenvalue weighted by molar-refractivity contribution is 7.15. The van der Waals surface area contributed by atoms with Gasteiger partial charge in [-0.2, -0.15) is 0 Å². The fourth-order valence-corrected chi connectivity index (χ4v) is 3.32. The summed E-state index contributed by atoms with van der Waals surface area (Å²) < 4.78 is 0. The van der Waals surface area contributed by atoms with E-state index in [-0.39, 0.29) is 0 Å². The first kappa shape index (κ1) is 16.2. The maximum atomic E-state index is 4.89. The number of aromatic nitrogens is 1. The molecule has 3 heteroatoms. The molecule has 0 spiro atoms. The van der Waals surface area contributed by atoms with Crippen LogP contribution in [0.2, 0.25) is 0 Å². The Bertz CT molecular complexity index is 574. The second kappa shape index (κ2) is 7.71. The molecule has 1 unspecified atom stereocenters. The van der Waals surface area contributed by atoms with E-state index in [9.17, 15) is 0 Å². The molecule has 1 N–H and O–H groups in total. The molecule has 114 valence electrons. The van der Waals surface area contributed by atoms with Gasteiger partial charge in [-0.25, -0.2) is 4.98 Å². The average molecular weight is 302 g/mol. The van der Waals surface area contributed by atoms with Crippen molar-refractivity contribution >= 4 is 11.3 Å². The Hall–Kier alpha value is -1.19. The third kappa shape index (κ3) is 4.39. The highest BCUT2D eigenvalue weighted by Crippen LogP contribution is 2.29. The minimum Gasteiger partial charge on any atom is -0.309 e. The van der Waals surface area contributed by atoms with Crippen LogP contribution in [0.5, 0.6) is 0 Å². The molecule has 1 heterocycles. The molecule has 0 bridgehead atoms. The summed E-state index contributed by atoms with van der Waals surface area (Å²) in [5, 5.41) is 4.75. The first-order chi connectivity index (χ1) is 10.1. The first-order valence-electron chi connectivity index (χ1n) is 7.93. The van der Waals surface area contributed by atoms with E-state index in [0.717, 1.165) is 30.8 Å². The summed E-state index contributed by atoms with van der Waals surface area (Å²) in [7, 11) is 0. The Kier molecular flexibility index (Phi) is 5.95. The topological polar surface area (TPSA) is 24.9 Å². The third-order valence-electron chi connectivity index (χ3n) is 3.75. The van der Waals surface area contributed by atoms with Crippen molar-refractivity contribution in [3.8, 4) is 10.6 Å². The van der Waals surface area contributed by atoms with Gasteiger partial charge >= 0.3 is 0 Å². The van der Waals surface area contributed by atoms with Crippen LogP contribution in [0, 0.1) is 6.92 Å². The number of thiazole rings is 1. The molecule has 21 heavy (non-hydrogen) atoms. The van der Waals surface area contributed by atoms with Crippen LogP contribution in [0.25, 0.3) is 10.6 Å². The molecular weight excluding hydrogens is 276 g/mol. The normalized spacial score (nSPS) is 12.6. The molecule has 0 saturated heterocycles. The number of aryl methyl sites for hydroxylation is 2. The maximum absolute atomic E-state index is 4.89. The molecule has 0 aliphatic carbocycles. The molecule has 0 fully saturated rings. The van der Waals surface area contributed by atoms with Gasteiger partial charge in [0.2, 0.25) is 0 Å². The lowest BCUT2D eigenvalue weighted by atomic mass is 10.1. The zero-order valence-corrected chi connectivity index (χ0v) is 14.4. The molecule has 2 aromatic rings. The molecule has 0 aliphatic heterocycles. The van der Waals surface area contributed by atoms with E-state index in [1.807, 2.05) is 11.3 Å². The molecule has 0 radical (unpaired) electrons. The summed E-state index contributed by atoms with van der Waals surface area (Å²) in [6.45, 7) is 9.75. The third-order valence-corrected chi connectivity index (χ3v) is 4.90. The first-order valence-corrected chi connectivity index (χ1v) is 8.74. The summed E-state index contributed by atoms with van der Waals surface area (Å²) in [6, 6.07) is 9.19. The predicted molar refractivity (Wildman–Crippen MR) is 92.9 cm³/mol. The summed E-state index contributed by atoms with van der Waals surface area (Å²) in [4.78, 5) is 6.29. The zero-order valence-electron chi connectivity index (χ0n) is 13.6. The Morgan fingerprint density at radius 3 is 2.76 bits per heavy atom. The second-order valence-corrected chi connectivity index (χ2v) is 6.78. The highest BCUT2D eigenvalue weighted by atomic mass is 32.1. The lowest BCUT2D eigenvalue weighted by Crippen LogP contribution is -2.24. The van der Waals surface area contributed by atoms with Crippen molar-refractivity contribution in [2.45, 2.75) is 59.5 Å². The molecule has 1 aromatic carbocycles. The van der Waals surface area contributed by atoms with Gasteiger partial charge in [-0.15, -0.1) is 11.3 Å². The largest absolute Gasteiger partial charge is 0.309 e. The quantitative estimate of drug-likeness (QED) is 0.782. The van der Waals surface area contributed by atoms with E-state index in [4.69, 9.17) is 4.98 Å². The molecule has 0 amide bonds. The summed E-state index contributed by atoms with van der Waals surface area (Å²) in [6.07, 6.45) is 3.37. The number of benzene rings is 1.